The molecule has 0 spiro atoms. The molecule has 0 amide bonds. The highest BCUT2D eigenvalue weighted by Gasteiger charge is 2.19. The van der Waals surface area contributed by atoms with Crippen molar-refractivity contribution < 1.29 is 8.95 Å². The summed E-state index contributed by atoms with van der Waals surface area (Å²) in [7, 11) is 0.914. The van der Waals surface area contributed by atoms with E-state index in [1.807, 2.05) is 20.8 Å². The van der Waals surface area contributed by atoms with Gasteiger partial charge in [-0.05, 0) is 33.2 Å². The van der Waals surface area contributed by atoms with Gasteiger partial charge in [0, 0.05) is 28.9 Å². The minimum Gasteiger partial charge on any atom is -0.379 e. The van der Waals surface area contributed by atoms with Crippen LogP contribution in [0.25, 0.3) is 0 Å². The van der Waals surface area contributed by atoms with E-state index in [0.717, 1.165) is 12.8 Å². The molecule has 0 fully saturated rings. The van der Waals surface area contributed by atoms with Gasteiger partial charge in [-0.1, -0.05) is 6.92 Å². The number of rotatable bonds is 7. The van der Waals surface area contributed by atoms with Crippen molar-refractivity contribution in [3.8, 4) is 0 Å². The van der Waals surface area contributed by atoms with Gasteiger partial charge in [0.25, 0.3) is 0 Å². The van der Waals surface area contributed by atoms with Gasteiger partial charge < -0.3 is 10.5 Å². The number of nitrogens with two attached hydrogens (primary N) is 1. The molecule has 2 unspecified atom stereocenters. The molecule has 2 N–H and O–H groups in total. The first-order valence-electron chi connectivity index (χ1n) is 5.05. The normalized spacial score (nSPS) is 16.6. The van der Waals surface area contributed by atoms with Crippen LogP contribution in [0.15, 0.2) is 0 Å². The zero-order chi connectivity index (χ0) is 11.2. The molecule has 0 saturated heterocycles. The highest BCUT2D eigenvalue weighted by molar-refractivity contribution is 7.85. The zero-order valence-electron chi connectivity index (χ0n) is 9.71. The quantitative estimate of drug-likeness (QED) is 0.705. The van der Waals surface area contributed by atoms with Crippen molar-refractivity contribution in [3.63, 3.8) is 0 Å². The molecule has 4 heteroatoms. The first-order valence-corrected chi connectivity index (χ1v) is 6.43. The molecule has 3 nitrogen and oxygen atoms in total. The second-order valence-electron chi connectivity index (χ2n) is 4.19. The Kier molecular flexibility index (Phi) is 6.57. The largest absolute Gasteiger partial charge is 0.379 e. The molecule has 86 valence electrons. The van der Waals surface area contributed by atoms with Crippen LogP contribution in [0, 0.1) is 0 Å². The lowest BCUT2D eigenvalue weighted by atomic mass is 10.1. The van der Waals surface area contributed by atoms with E-state index in [-0.39, 0.29) is 10.9 Å². The van der Waals surface area contributed by atoms with E-state index in [0.29, 0.717) is 12.3 Å². The summed E-state index contributed by atoms with van der Waals surface area (Å²) in [6.45, 7) is 6.62. The fourth-order valence-electron chi connectivity index (χ4n) is 1.02. The molecule has 0 aliphatic rings. The Bertz CT molecular complexity index is 183. The molecule has 2 atom stereocenters. The average Bonchev–Trinajstić information content (AvgIpc) is 2.15. The lowest BCUT2D eigenvalue weighted by molar-refractivity contribution is 0.0204. The Morgan fingerprint density at radius 2 is 2.07 bits per heavy atom. The van der Waals surface area contributed by atoms with E-state index in [2.05, 4.69) is 0 Å². The van der Waals surface area contributed by atoms with Gasteiger partial charge in [0.1, 0.15) is 0 Å². The van der Waals surface area contributed by atoms with Crippen molar-refractivity contribution in [1.82, 2.24) is 0 Å². The van der Waals surface area contributed by atoms with Gasteiger partial charge in [-0.15, -0.1) is 0 Å². The van der Waals surface area contributed by atoms with Crippen LogP contribution in [0.4, 0.5) is 0 Å². The van der Waals surface area contributed by atoms with Crippen molar-refractivity contribution in [2.24, 2.45) is 5.73 Å². The maximum absolute atomic E-state index is 11.7. The molecule has 14 heavy (non-hydrogen) atoms. The molecule has 0 aromatic rings. The first-order chi connectivity index (χ1) is 6.43. The molecular weight excluding hydrogens is 198 g/mol. The van der Waals surface area contributed by atoms with Crippen LogP contribution in [0.5, 0.6) is 0 Å². The topological polar surface area (TPSA) is 52.3 Å². The predicted molar refractivity (Wildman–Crippen MR) is 61.8 cm³/mol. The molecule has 0 heterocycles. The van der Waals surface area contributed by atoms with Crippen molar-refractivity contribution in [2.75, 3.05) is 19.4 Å². The molecule has 0 bridgehead atoms. The fourth-order valence-corrected chi connectivity index (χ4v) is 2.51. The minimum absolute atomic E-state index is 0.169. The third-order valence-electron chi connectivity index (χ3n) is 2.48. The molecule has 0 aliphatic carbocycles. The summed E-state index contributed by atoms with van der Waals surface area (Å²) < 4.78 is 17.0. The zero-order valence-corrected chi connectivity index (χ0v) is 10.5. The molecule has 0 aromatic carbocycles. The Hall–Kier alpha value is 0.0700. The predicted octanol–water partition coefficient (Wildman–Crippen LogP) is 1.29. The number of methoxy groups -OCH3 is 1. The number of hydrogen-bond donors (Lipinski definition) is 1. The van der Waals surface area contributed by atoms with Gasteiger partial charge in [0.15, 0.2) is 0 Å². The smallest absolute Gasteiger partial charge is 0.0631 e. The summed E-state index contributed by atoms with van der Waals surface area (Å²) in [6.07, 6.45) is 1.66. The van der Waals surface area contributed by atoms with Crippen LogP contribution in [-0.2, 0) is 15.5 Å². The monoisotopic (exact) mass is 221 g/mol. The molecule has 0 rings (SSSR count). The fraction of sp³-hybridized carbons (Fsp3) is 1.00. The van der Waals surface area contributed by atoms with Crippen LogP contribution >= 0.6 is 0 Å². The number of hydrogen-bond acceptors (Lipinski definition) is 3. The molecular formula is C10H23NO2S. The Morgan fingerprint density at radius 3 is 2.50 bits per heavy atom. The average molecular weight is 221 g/mol. The Balaban J connectivity index is 3.84. The van der Waals surface area contributed by atoms with Crippen molar-refractivity contribution >= 4 is 10.8 Å². The highest BCUT2D eigenvalue weighted by Crippen LogP contribution is 2.14. The van der Waals surface area contributed by atoms with Crippen molar-refractivity contribution in [3.05, 3.63) is 0 Å². The van der Waals surface area contributed by atoms with Crippen LogP contribution in [0.2, 0.25) is 0 Å². The van der Waals surface area contributed by atoms with E-state index in [4.69, 9.17) is 10.5 Å². The van der Waals surface area contributed by atoms with Gasteiger partial charge in [-0.2, -0.15) is 0 Å². The van der Waals surface area contributed by atoms with Crippen molar-refractivity contribution in [1.29, 1.82) is 0 Å². The minimum atomic E-state index is -0.773. The summed E-state index contributed by atoms with van der Waals surface area (Å²) in [5.41, 5.74) is 5.25. The summed E-state index contributed by atoms with van der Waals surface area (Å²) in [5, 5.41) is 0.202. The number of ether oxygens (including phenoxy) is 1. The second kappa shape index (κ2) is 6.53. The van der Waals surface area contributed by atoms with Gasteiger partial charge in [-0.25, -0.2) is 0 Å². The van der Waals surface area contributed by atoms with Gasteiger partial charge in [0.2, 0.25) is 0 Å². The maximum atomic E-state index is 11.7. The van der Waals surface area contributed by atoms with Crippen LogP contribution in [0.3, 0.4) is 0 Å². The maximum Gasteiger partial charge on any atom is 0.0631 e. The Labute approximate surface area is 89.9 Å². The lowest BCUT2D eigenvalue weighted by Gasteiger charge is -2.23. The lowest BCUT2D eigenvalue weighted by Crippen LogP contribution is -2.27. The van der Waals surface area contributed by atoms with Crippen LogP contribution in [0.1, 0.15) is 33.6 Å². The van der Waals surface area contributed by atoms with Gasteiger partial charge >= 0.3 is 0 Å². The Morgan fingerprint density at radius 1 is 1.50 bits per heavy atom. The van der Waals surface area contributed by atoms with Crippen LogP contribution < -0.4 is 5.73 Å². The second-order valence-corrected chi connectivity index (χ2v) is 6.16. The third-order valence-corrected chi connectivity index (χ3v) is 4.22. The van der Waals surface area contributed by atoms with Crippen LogP contribution in [-0.4, -0.2) is 34.5 Å². The van der Waals surface area contributed by atoms with Crippen molar-refractivity contribution in [2.45, 2.75) is 44.5 Å². The first kappa shape index (κ1) is 14.1. The van der Waals surface area contributed by atoms with Gasteiger partial charge in [-0.3, -0.25) is 4.21 Å². The van der Waals surface area contributed by atoms with E-state index in [9.17, 15) is 4.21 Å². The summed E-state index contributed by atoms with van der Waals surface area (Å²) in [5.74, 6) is 0.696. The standard InChI is InChI=1S/C10H23NO2S/c1-9(5-7-11)14(12)8-6-10(2,3)13-4/h9H,5-8,11H2,1-4H3. The highest BCUT2D eigenvalue weighted by atomic mass is 32.2. The SMILES string of the molecule is COC(C)(C)CCS(=O)C(C)CCN. The molecule has 0 aliphatic heterocycles. The summed E-state index contributed by atoms with van der Waals surface area (Å²) >= 11 is 0. The molecule has 0 saturated carbocycles. The summed E-state index contributed by atoms with van der Waals surface area (Å²) in [6, 6.07) is 0. The third kappa shape index (κ3) is 5.73. The van der Waals surface area contributed by atoms with E-state index < -0.39 is 10.8 Å². The molecule has 0 radical (unpaired) electrons. The van der Waals surface area contributed by atoms with E-state index in [1.54, 1.807) is 7.11 Å². The van der Waals surface area contributed by atoms with Gasteiger partial charge in [0.05, 0.1) is 5.60 Å². The molecule has 0 aromatic heterocycles. The van der Waals surface area contributed by atoms with E-state index >= 15 is 0 Å². The summed E-state index contributed by atoms with van der Waals surface area (Å²) in [4.78, 5) is 0. The van der Waals surface area contributed by atoms with E-state index in [1.165, 1.54) is 0 Å².